The summed E-state index contributed by atoms with van der Waals surface area (Å²) in [4.78, 5) is 13.1. The average molecular weight is 293 g/mol. The molecule has 5 nitrogen and oxygen atoms in total. The molecular weight excluding hydrogens is 270 g/mol. The van der Waals surface area contributed by atoms with Crippen molar-refractivity contribution in [1.82, 2.24) is 4.90 Å². The van der Waals surface area contributed by atoms with Crippen LogP contribution in [-0.4, -0.2) is 49.3 Å². The van der Waals surface area contributed by atoms with Crippen molar-refractivity contribution in [3.8, 4) is 11.5 Å². The van der Waals surface area contributed by atoms with Crippen LogP contribution < -0.4 is 9.47 Å². The van der Waals surface area contributed by atoms with Gasteiger partial charge in [0.05, 0.1) is 7.11 Å². The monoisotopic (exact) mass is 293 g/mol. The highest BCUT2D eigenvalue weighted by molar-refractivity contribution is 5.67. The number of nitrogens with zero attached hydrogens (tertiary/aromatic N) is 1. The van der Waals surface area contributed by atoms with Crippen molar-refractivity contribution < 1.29 is 19.4 Å². The minimum atomic E-state index is -0.803. The Bertz CT molecular complexity index is 481. The van der Waals surface area contributed by atoms with E-state index in [2.05, 4.69) is 11.9 Å². The maximum absolute atomic E-state index is 10.8. The van der Waals surface area contributed by atoms with Gasteiger partial charge in [-0.1, -0.05) is 12.1 Å². The van der Waals surface area contributed by atoms with E-state index >= 15 is 0 Å². The number of methoxy groups -OCH3 is 1. The minimum absolute atomic E-state index is 0.0942. The molecule has 0 atom stereocenters. The molecule has 2 rings (SSSR count). The van der Waals surface area contributed by atoms with E-state index in [9.17, 15) is 4.79 Å². The molecule has 1 aromatic rings. The highest BCUT2D eigenvalue weighted by Crippen LogP contribution is 2.34. The lowest BCUT2D eigenvalue weighted by molar-refractivity contribution is -0.136. The number of aryl methyl sites for hydroxylation is 1. The fraction of sp³-hybridized carbons (Fsp3) is 0.562. The molecule has 1 aromatic carbocycles. The quantitative estimate of drug-likeness (QED) is 0.871. The predicted molar refractivity (Wildman–Crippen MR) is 80.1 cm³/mol. The maximum Gasteiger partial charge on any atom is 0.303 e. The SMILES string of the molecule is COc1cccc(CCC(=O)O)c1OC1CCN(C)CC1. The number of benzene rings is 1. The van der Waals surface area contributed by atoms with Crippen LogP contribution in [0.5, 0.6) is 11.5 Å². The Morgan fingerprint density at radius 3 is 2.71 bits per heavy atom. The van der Waals surface area contributed by atoms with Crippen molar-refractivity contribution in [1.29, 1.82) is 0 Å². The van der Waals surface area contributed by atoms with Gasteiger partial charge in [0.15, 0.2) is 11.5 Å². The van der Waals surface area contributed by atoms with Crippen molar-refractivity contribution in [2.75, 3.05) is 27.2 Å². The van der Waals surface area contributed by atoms with Crippen LogP contribution in [0.3, 0.4) is 0 Å². The van der Waals surface area contributed by atoms with E-state index in [4.69, 9.17) is 14.6 Å². The van der Waals surface area contributed by atoms with Gasteiger partial charge in [-0.3, -0.25) is 4.79 Å². The Hall–Kier alpha value is -1.75. The normalized spacial score (nSPS) is 16.7. The summed E-state index contributed by atoms with van der Waals surface area (Å²) >= 11 is 0. The molecule has 1 fully saturated rings. The second kappa shape index (κ2) is 7.31. The number of para-hydroxylation sites is 1. The van der Waals surface area contributed by atoms with E-state index in [0.29, 0.717) is 17.9 Å². The largest absolute Gasteiger partial charge is 0.493 e. The molecule has 0 radical (unpaired) electrons. The van der Waals surface area contributed by atoms with Crippen LogP contribution in [0.4, 0.5) is 0 Å². The van der Waals surface area contributed by atoms with Crippen LogP contribution in [0.2, 0.25) is 0 Å². The van der Waals surface area contributed by atoms with Crippen molar-refractivity contribution in [2.45, 2.75) is 31.8 Å². The smallest absolute Gasteiger partial charge is 0.303 e. The van der Waals surface area contributed by atoms with Crippen molar-refractivity contribution in [2.24, 2.45) is 0 Å². The highest BCUT2D eigenvalue weighted by atomic mass is 16.5. The van der Waals surface area contributed by atoms with Crippen LogP contribution in [0.1, 0.15) is 24.8 Å². The predicted octanol–water partition coefficient (Wildman–Crippen LogP) is 2.19. The first-order valence-corrected chi connectivity index (χ1v) is 7.33. The average Bonchev–Trinajstić information content (AvgIpc) is 2.48. The fourth-order valence-electron chi connectivity index (χ4n) is 2.56. The molecule has 1 aliphatic heterocycles. The van der Waals surface area contributed by atoms with E-state index < -0.39 is 5.97 Å². The van der Waals surface area contributed by atoms with Gasteiger partial charge in [-0.05, 0) is 37.9 Å². The Morgan fingerprint density at radius 2 is 2.10 bits per heavy atom. The molecule has 1 aliphatic rings. The van der Waals surface area contributed by atoms with Gasteiger partial charge < -0.3 is 19.5 Å². The van der Waals surface area contributed by atoms with Gasteiger partial charge in [0.2, 0.25) is 0 Å². The van der Waals surface area contributed by atoms with Crippen molar-refractivity contribution in [3.05, 3.63) is 23.8 Å². The first-order chi connectivity index (χ1) is 10.1. The summed E-state index contributed by atoms with van der Waals surface area (Å²) in [6.07, 6.45) is 2.67. The molecule has 116 valence electrons. The Balaban J connectivity index is 2.12. The summed E-state index contributed by atoms with van der Waals surface area (Å²) in [6, 6.07) is 5.64. The summed E-state index contributed by atoms with van der Waals surface area (Å²) in [7, 11) is 3.72. The zero-order valence-corrected chi connectivity index (χ0v) is 12.7. The summed E-state index contributed by atoms with van der Waals surface area (Å²) in [5.41, 5.74) is 0.899. The zero-order valence-electron chi connectivity index (χ0n) is 12.7. The molecule has 0 spiro atoms. The summed E-state index contributed by atoms with van der Waals surface area (Å²) in [6.45, 7) is 2.04. The zero-order chi connectivity index (χ0) is 15.2. The molecule has 0 amide bonds. The summed E-state index contributed by atoms with van der Waals surface area (Å²) in [5, 5.41) is 8.87. The molecular formula is C16H23NO4. The van der Waals surface area contributed by atoms with E-state index in [-0.39, 0.29) is 12.5 Å². The fourth-order valence-corrected chi connectivity index (χ4v) is 2.56. The molecule has 1 heterocycles. The Morgan fingerprint density at radius 1 is 1.38 bits per heavy atom. The number of hydrogen-bond acceptors (Lipinski definition) is 4. The second-order valence-electron chi connectivity index (χ2n) is 5.46. The van der Waals surface area contributed by atoms with Crippen LogP contribution in [0.15, 0.2) is 18.2 Å². The molecule has 21 heavy (non-hydrogen) atoms. The lowest BCUT2D eigenvalue weighted by Gasteiger charge is -2.30. The third-order valence-corrected chi connectivity index (χ3v) is 3.84. The molecule has 0 aromatic heterocycles. The molecule has 0 unspecified atom stereocenters. The summed E-state index contributed by atoms with van der Waals surface area (Å²) < 4.78 is 11.5. The van der Waals surface area contributed by atoms with Crippen LogP contribution in [0, 0.1) is 0 Å². The number of piperidine rings is 1. The van der Waals surface area contributed by atoms with E-state index in [1.165, 1.54) is 0 Å². The Kier molecular flexibility index (Phi) is 5.44. The number of hydrogen-bond donors (Lipinski definition) is 1. The number of rotatable bonds is 6. The number of aliphatic carboxylic acids is 1. The topological polar surface area (TPSA) is 59.0 Å². The third-order valence-electron chi connectivity index (χ3n) is 3.84. The van der Waals surface area contributed by atoms with Gasteiger partial charge in [0.25, 0.3) is 0 Å². The number of carboxylic acid groups (broad SMARTS) is 1. The van der Waals surface area contributed by atoms with Gasteiger partial charge in [0.1, 0.15) is 6.10 Å². The van der Waals surface area contributed by atoms with Gasteiger partial charge in [-0.2, -0.15) is 0 Å². The number of carbonyl (C=O) groups is 1. The van der Waals surface area contributed by atoms with Crippen LogP contribution in [-0.2, 0) is 11.2 Å². The van der Waals surface area contributed by atoms with Crippen LogP contribution >= 0.6 is 0 Å². The molecule has 0 aliphatic carbocycles. The Labute approximate surface area is 125 Å². The van der Waals surface area contributed by atoms with E-state index in [0.717, 1.165) is 31.5 Å². The standard InChI is InChI=1S/C16H23NO4/c1-17-10-8-13(9-11-17)21-16-12(6-7-15(18)19)4-3-5-14(16)20-2/h3-5,13H,6-11H2,1-2H3,(H,18,19). The van der Waals surface area contributed by atoms with Gasteiger partial charge in [-0.25, -0.2) is 0 Å². The first-order valence-electron chi connectivity index (χ1n) is 7.33. The number of carboxylic acids is 1. The lowest BCUT2D eigenvalue weighted by Crippen LogP contribution is -2.35. The van der Waals surface area contributed by atoms with Crippen LogP contribution in [0.25, 0.3) is 0 Å². The molecule has 0 saturated carbocycles. The minimum Gasteiger partial charge on any atom is -0.493 e. The van der Waals surface area contributed by atoms with Gasteiger partial charge in [0, 0.05) is 19.5 Å². The highest BCUT2D eigenvalue weighted by Gasteiger charge is 2.21. The second-order valence-corrected chi connectivity index (χ2v) is 5.46. The molecule has 1 saturated heterocycles. The molecule has 1 N–H and O–H groups in total. The number of likely N-dealkylation sites (tertiary alicyclic amines) is 1. The lowest BCUT2D eigenvalue weighted by atomic mass is 10.1. The van der Waals surface area contributed by atoms with Crippen molar-refractivity contribution >= 4 is 5.97 Å². The van der Waals surface area contributed by atoms with Gasteiger partial charge in [-0.15, -0.1) is 0 Å². The third kappa shape index (κ3) is 4.36. The molecule has 5 heteroatoms. The first kappa shape index (κ1) is 15.6. The van der Waals surface area contributed by atoms with Crippen molar-refractivity contribution in [3.63, 3.8) is 0 Å². The van der Waals surface area contributed by atoms with E-state index in [1.807, 2.05) is 18.2 Å². The van der Waals surface area contributed by atoms with Gasteiger partial charge >= 0.3 is 5.97 Å². The van der Waals surface area contributed by atoms with E-state index in [1.54, 1.807) is 7.11 Å². The summed E-state index contributed by atoms with van der Waals surface area (Å²) in [5.74, 6) is 0.579. The maximum atomic E-state index is 10.8. The molecule has 0 bridgehead atoms. The number of ether oxygens (including phenoxy) is 2.